The summed E-state index contributed by atoms with van der Waals surface area (Å²) in [6.07, 6.45) is -13.0. The van der Waals surface area contributed by atoms with Gasteiger partial charge in [0.15, 0.2) is 6.10 Å². The monoisotopic (exact) mass is 265 g/mol. The van der Waals surface area contributed by atoms with Crippen LogP contribution in [0.5, 0.6) is 0 Å². The van der Waals surface area contributed by atoms with E-state index in [9.17, 15) is 31.1 Å². The fourth-order valence-corrected chi connectivity index (χ4v) is 1.68. The van der Waals surface area contributed by atoms with Gasteiger partial charge in [0.1, 0.15) is 0 Å². The first-order chi connectivity index (χ1) is 7.53. The van der Waals surface area contributed by atoms with Crippen LogP contribution in [0.15, 0.2) is 0 Å². The lowest BCUT2D eigenvalue weighted by Gasteiger charge is -2.22. The number of carbonyl (C=O) groups excluding carboxylic acids is 1. The Morgan fingerprint density at radius 3 is 2.18 bits per heavy atom. The van der Waals surface area contributed by atoms with E-state index in [1.54, 1.807) is 0 Å². The number of hydrogen-bond acceptors (Lipinski definition) is 2. The summed E-state index contributed by atoms with van der Waals surface area (Å²) < 4.78 is 72.2. The van der Waals surface area contributed by atoms with Crippen LogP contribution in [0.1, 0.15) is 6.42 Å². The van der Waals surface area contributed by atoms with Crippen LogP contribution in [-0.2, 0) is 4.79 Å². The van der Waals surface area contributed by atoms with E-state index >= 15 is 0 Å². The molecule has 0 spiro atoms. The van der Waals surface area contributed by atoms with Crippen LogP contribution in [-0.4, -0.2) is 47.5 Å². The molecule has 1 aliphatic rings. The SMILES string of the molecule is O=C(N1CC[C@H]([C@@H](O)C(F)(F)F)C1)C(F)(F)F. The standard InChI is InChI=1S/C8H9F6NO2/c9-7(10,11)5(16)4-1-2-15(3-4)6(17)8(12,13)14/h4-5,16H,1-3H2/t4-,5+/m0/s1. The molecule has 0 saturated carbocycles. The normalized spacial score (nSPS) is 23.9. The van der Waals surface area contributed by atoms with E-state index in [0.29, 0.717) is 0 Å². The average molecular weight is 265 g/mol. The maximum absolute atomic E-state index is 12.1. The number of aliphatic hydroxyl groups excluding tert-OH is 1. The number of likely N-dealkylation sites (tertiary alicyclic amines) is 1. The van der Waals surface area contributed by atoms with Gasteiger partial charge in [-0.3, -0.25) is 4.79 Å². The third-order valence-electron chi connectivity index (χ3n) is 2.54. The summed E-state index contributed by atoms with van der Waals surface area (Å²) in [5.41, 5.74) is 0. The van der Waals surface area contributed by atoms with Gasteiger partial charge >= 0.3 is 18.3 Å². The number of rotatable bonds is 1. The number of amides is 1. The van der Waals surface area contributed by atoms with Crippen molar-refractivity contribution in [1.82, 2.24) is 4.90 Å². The third kappa shape index (κ3) is 3.24. The number of carbonyl (C=O) groups is 1. The van der Waals surface area contributed by atoms with Gasteiger partial charge in [-0.05, 0) is 6.42 Å². The van der Waals surface area contributed by atoms with Gasteiger partial charge in [-0.15, -0.1) is 0 Å². The van der Waals surface area contributed by atoms with Gasteiger partial charge in [0.2, 0.25) is 0 Å². The fraction of sp³-hybridized carbons (Fsp3) is 0.875. The van der Waals surface area contributed by atoms with E-state index in [4.69, 9.17) is 5.11 Å². The van der Waals surface area contributed by atoms with Crippen molar-refractivity contribution in [2.75, 3.05) is 13.1 Å². The van der Waals surface area contributed by atoms with Crippen LogP contribution in [0.3, 0.4) is 0 Å². The van der Waals surface area contributed by atoms with Crippen molar-refractivity contribution in [2.45, 2.75) is 24.9 Å². The van der Waals surface area contributed by atoms with Crippen molar-refractivity contribution >= 4 is 5.91 Å². The van der Waals surface area contributed by atoms with Crippen LogP contribution in [0.2, 0.25) is 0 Å². The van der Waals surface area contributed by atoms with Crippen LogP contribution in [0.4, 0.5) is 26.3 Å². The maximum atomic E-state index is 12.1. The van der Waals surface area contributed by atoms with Gasteiger partial charge in [0, 0.05) is 19.0 Å². The van der Waals surface area contributed by atoms with Crippen molar-refractivity contribution in [1.29, 1.82) is 0 Å². The summed E-state index contributed by atoms with van der Waals surface area (Å²) in [5.74, 6) is -3.57. The lowest BCUT2D eigenvalue weighted by Crippen LogP contribution is -2.42. The van der Waals surface area contributed by atoms with Gasteiger partial charge in [-0.25, -0.2) is 0 Å². The summed E-state index contributed by atoms with van der Waals surface area (Å²) in [4.78, 5) is 11.0. The molecule has 17 heavy (non-hydrogen) atoms. The lowest BCUT2D eigenvalue weighted by molar-refractivity contribution is -0.218. The number of aliphatic hydroxyl groups is 1. The second kappa shape index (κ2) is 4.35. The average Bonchev–Trinajstić information content (AvgIpc) is 2.60. The summed E-state index contributed by atoms with van der Waals surface area (Å²) in [6, 6.07) is 0. The molecule has 9 heteroatoms. The van der Waals surface area contributed by atoms with E-state index in [0.717, 1.165) is 0 Å². The summed E-state index contributed by atoms with van der Waals surface area (Å²) in [6.45, 7) is -1.17. The van der Waals surface area contributed by atoms with E-state index in [1.165, 1.54) is 0 Å². The van der Waals surface area contributed by atoms with Gasteiger partial charge in [0.05, 0.1) is 0 Å². The molecular weight excluding hydrogens is 256 g/mol. The summed E-state index contributed by atoms with van der Waals surface area (Å²) >= 11 is 0. The molecule has 1 amide bonds. The highest BCUT2D eigenvalue weighted by atomic mass is 19.4. The maximum Gasteiger partial charge on any atom is 0.471 e. The fourth-order valence-electron chi connectivity index (χ4n) is 1.68. The Morgan fingerprint density at radius 2 is 1.76 bits per heavy atom. The van der Waals surface area contributed by atoms with Crippen LogP contribution in [0, 0.1) is 5.92 Å². The Labute approximate surface area is 92.0 Å². The van der Waals surface area contributed by atoms with E-state index in [2.05, 4.69) is 0 Å². The molecule has 2 atom stereocenters. The number of hydrogen-bond donors (Lipinski definition) is 1. The number of nitrogens with zero attached hydrogens (tertiary/aromatic N) is 1. The molecule has 100 valence electrons. The predicted molar refractivity (Wildman–Crippen MR) is 42.8 cm³/mol. The Morgan fingerprint density at radius 1 is 1.24 bits per heavy atom. The topological polar surface area (TPSA) is 40.5 Å². The number of halogens is 6. The van der Waals surface area contributed by atoms with Crippen LogP contribution >= 0.6 is 0 Å². The Bertz CT molecular complexity index is 299. The Balaban J connectivity index is 2.63. The van der Waals surface area contributed by atoms with E-state index in [-0.39, 0.29) is 11.3 Å². The largest absolute Gasteiger partial charge is 0.471 e. The number of alkyl halides is 6. The third-order valence-corrected chi connectivity index (χ3v) is 2.54. The highest BCUT2D eigenvalue weighted by molar-refractivity contribution is 5.82. The zero-order valence-electron chi connectivity index (χ0n) is 8.35. The highest BCUT2D eigenvalue weighted by Gasteiger charge is 2.49. The minimum Gasteiger partial charge on any atom is -0.383 e. The molecule has 1 fully saturated rings. The van der Waals surface area contributed by atoms with Gasteiger partial charge in [-0.1, -0.05) is 0 Å². The quantitative estimate of drug-likeness (QED) is 0.726. The van der Waals surface area contributed by atoms with Gasteiger partial charge in [-0.2, -0.15) is 26.3 Å². The molecule has 1 saturated heterocycles. The molecule has 0 unspecified atom stereocenters. The van der Waals surface area contributed by atoms with Crippen LogP contribution < -0.4 is 0 Å². The first-order valence-electron chi connectivity index (χ1n) is 4.64. The van der Waals surface area contributed by atoms with Gasteiger partial charge < -0.3 is 10.0 Å². The van der Waals surface area contributed by atoms with Crippen molar-refractivity contribution in [3.05, 3.63) is 0 Å². The molecule has 1 rings (SSSR count). The molecule has 1 heterocycles. The first-order valence-corrected chi connectivity index (χ1v) is 4.64. The zero-order chi connectivity index (χ0) is 13.4. The molecule has 1 N–H and O–H groups in total. The highest BCUT2D eigenvalue weighted by Crippen LogP contribution is 2.32. The second-order valence-electron chi connectivity index (χ2n) is 3.78. The molecule has 0 aliphatic carbocycles. The first kappa shape index (κ1) is 14.1. The van der Waals surface area contributed by atoms with Gasteiger partial charge in [0.25, 0.3) is 0 Å². The molecule has 0 bridgehead atoms. The predicted octanol–water partition coefficient (Wildman–Crippen LogP) is 1.32. The molecule has 1 aliphatic heterocycles. The zero-order valence-corrected chi connectivity index (χ0v) is 8.35. The van der Waals surface area contributed by atoms with E-state index < -0.39 is 43.4 Å². The van der Waals surface area contributed by atoms with Crippen molar-refractivity contribution in [2.24, 2.45) is 5.92 Å². The van der Waals surface area contributed by atoms with Crippen LogP contribution in [0.25, 0.3) is 0 Å². The molecule has 0 radical (unpaired) electrons. The van der Waals surface area contributed by atoms with E-state index in [1.807, 2.05) is 0 Å². The lowest BCUT2D eigenvalue weighted by atomic mass is 10.0. The Kier molecular flexibility index (Phi) is 3.60. The summed E-state index contributed by atoms with van der Waals surface area (Å²) in [5, 5.41) is 8.84. The second-order valence-corrected chi connectivity index (χ2v) is 3.78. The molecule has 3 nitrogen and oxygen atoms in total. The molecule has 0 aromatic heterocycles. The van der Waals surface area contributed by atoms with Crippen molar-refractivity contribution < 1.29 is 36.2 Å². The minimum absolute atomic E-state index is 0.277. The Hall–Kier alpha value is -0.990. The minimum atomic E-state index is -5.10. The molecule has 0 aromatic rings. The molecular formula is C8H9F6NO2. The molecule has 0 aromatic carbocycles. The van der Waals surface area contributed by atoms with Crippen molar-refractivity contribution in [3.63, 3.8) is 0 Å². The van der Waals surface area contributed by atoms with Crippen molar-refractivity contribution in [3.8, 4) is 0 Å². The summed E-state index contributed by atoms with van der Waals surface area (Å²) in [7, 11) is 0. The smallest absolute Gasteiger partial charge is 0.383 e.